The minimum atomic E-state index is 1.07. The minimum Gasteiger partial charge on any atom is -0.341 e. The van der Waals surface area contributed by atoms with E-state index in [1.807, 2.05) is 0 Å². The monoisotopic (exact) mass is 311 g/mol. The fourth-order valence-corrected chi connectivity index (χ4v) is 2.54. The van der Waals surface area contributed by atoms with E-state index in [0.29, 0.717) is 0 Å². The number of hydrogen-bond donors (Lipinski definition) is 2. The maximum absolute atomic E-state index is 3.22. The van der Waals surface area contributed by atoms with Crippen LogP contribution in [-0.4, -0.2) is 32.7 Å². The minimum absolute atomic E-state index is 1.07. The van der Waals surface area contributed by atoms with Crippen LogP contribution in [-0.2, 0) is 0 Å². The van der Waals surface area contributed by atoms with Crippen LogP contribution in [0.3, 0.4) is 0 Å². The Morgan fingerprint density at radius 2 is 1.17 bits per heavy atom. The van der Waals surface area contributed by atoms with Crippen molar-refractivity contribution in [2.45, 2.75) is 19.8 Å². The van der Waals surface area contributed by atoms with E-state index < -0.39 is 0 Å². The van der Waals surface area contributed by atoms with E-state index in [1.54, 1.807) is 0 Å². The van der Waals surface area contributed by atoms with Crippen LogP contribution >= 0.6 is 0 Å². The molecule has 1 fully saturated rings. The van der Waals surface area contributed by atoms with Crippen molar-refractivity contribution in [2.24, 2.45) is 0 Å². The lowest BCUT2D eigenvalue weighted by molar-refractivity contribution is 0.534. The first-order valence-electron chi connectivity index (χ1n) is 8.71. The van der Waals surface area contributed by atoms with Crippen LogP contribution in [0.15, 0.2) is 60.7 Å². The van der Waals surface area contributed by atoms with E-state index in [0.717, 1.165) is 32.7 Å². The molecule has 1 heterocycles. The van der Waals surface area contributed by atoms with Crippen LogP contribution < -0.4 is 15.5 Å². The van der Waals surface area contributed by atoms with E-state index in [-0.39, 0.29) is 0 Å². The first-order chi connectivity index (χ1) is 11.4. The zero-order valence-electron chi connectivity index (χ0n) is 14.2. The van der Waals surface area contributed by atoms with Gasteiger partial charge in [-0.2, -0.15) is 0 Å². The SMILES string of the molecule is C1CNCCN1.CCCCN(c1ccccc1)c1ccccc1. The molecule has 23 heavy (non-hydrogen) atoms. The van der Waals surface area contributed by atoms with Gasteiger partial charge in [0.2, 0.25) is 0 Å². The smallest absolute Gasteiger partial charge is 0.0410 e. The molecule has 3 nitrogen and oxygen atoms in total. The Hall–Kier alpha value is -1.84. The van der Waals surface area contributed by atoms with Gasteiger partial charge in [0.05, 0.1) is 0 Å². The number of anilines is 2. The molecule has 1 saturated heterocycles. The molecule has 0 saturated carbocycles. The predicted molar refractivity (Wildman–Crippen MR) is 101 cm³/mol. The summed E-state index contributed by atoms with van der Waals surface area (Å²) in [5, 5.41) is 6.44. The number of piperazine rings is 1. The van der Waals surface area contributed by atoms with Crippen molar-refractivity contribution in [3.63, 3.8) is 0 Å². The molecule has 0 atom stereocenters. The molecule has 0 spiro atoms. The second-order valence-corrected chi connectivity index (χ2v) is 5.68. The average molecular weight is 311 g/mol. The molecule has 3 heteroatoms. The molecule has 0 amide bonds. The molecule has 124 valence electrons. The first kappa shape index (κ1) is 17.5. The Kier molecular flexibility index (Phi) is 8.23. The highest BCUT2D eigenvalue weighted by Crippen LogP contribution is 2.24. The van der Waals surface area contributed by atoms with Crippen LogP contribution in [0, 0.1) is 0 Å². The lowest BCUT2D eigenvalue weighted by Crippen LogP contribution is -2.39. The largest absolute Gasteiger partial charge is 0.341 e. The predicted octanol–water partition coefficient (Wildman–Crippen LogP) is 3.80. The number of para-hydroxylation sites is 2. The van der Waals surface area contributed by atoms with Gasteiger partial charge in [-0.15, -0.1) is 0 Å². The van der Waals surface area contributed by atoms with E-state index >= 15 is 0 Å². The van der Waals surface area contributed by atoms with Gasteiger partial charge in [0, 0.05) is 44.1 Å². The molecule has 0 radical (unpaired) electrons. The van der Waals surface area contributed by atoms with Crippen molar-refractivity contribution in [2.75, 3.05) is 37.6 Å². The zero-order chi connectivity index (χ0) is 16.2. The van der Waals surface area contributed by atoms with Gasteiger partial charge in [-0.25, -0.2) is 0 Å². The molecule has 2 N–H and O–H groups in total. The van der Waals surface area contributed by atoms with E-state index in [4.69, 9.17) is 0 Å². The molecule has 2 aromatic carbocycles. The van der Waals surface area contributed by atoms with Crippen molar-refractivity contribution < 1.29 is 0 Å². The van der Waals surface area contributed by atoms with E-state index in [9.17, 15) is 0 Å². The topological polar surface area (TPSA) is 27.3 Å². The van der Waals surface area contributed by atoms with Crippen molar-refractivity contribution in [3.05, 3.63) is 60.7 Å². The molecule has 0 unspecified atom stereocenters. The summed E-state index contributed by atoms with van der Waals surface area (Å²) < 4.78 is 0. The maximum atomic E-state index is 3.22. The Morgan fingerprint density at radius 3 is 1.52 bits per heavy atom. The molecule has 2 aromatic rings. The highest BCUT2D eigenvalue weighted by Gasteiger charge is 2.07. The second-order valence-electron chi connectivity index (χ2n) is 5.68. The van der Waals surface area contributed by atoms with E-state index in [2.05, 4.69) is 83.1 Å². The Morgan fingerprint density at radius 1 is 0.739 bits per heavy atom. The van der Waals surface area contributed by atoms with Gasteiger partial charge in [0.1, 0.15) is 0 Å². The fourth-order valence-electron chi connectivity index (χ4n) is 2.54. The fraction of sp³-hybridized carbons (Fsp3) is 0.400. The third-order valence-electron chi connectivity index (χ3n) is 3.83. The summed E-state index contributed by atoms with van der Waals surface area (Å²) >= 11 is 0. The standard InChI is InChI=1S/C16H19N.C4H10N2/c1-2-3-14-17(15-10-6-4-7-11-15)16-12-8-5-9-13-16;1-2-6-4-3-5-1/h4-13H,2-3,14H2,1H3;5-6H,1-4H2. The highest BCUT2D eigenvalue weighted by atomic mass is 15.1. The summed E-state index contributed by atoms with van der Waals surface area (Å²) in [6.45, 7) is 7.86. The van der Waals surface area contributed by atoms with Crippen LogP contribution in [0.2, 0.25) is 0 Å². The number of hydrogen-bond acceptors (Lipinski definition) is 3. The van der Waals surface area contributed by atoms with Crippen molar-refractivity contribution in [3.8, 4) is 0 Å². The second kappa shape index (κ2) is 10.8. The van der Waals surface area contributed by atoms with Gasteiger partial charge < -0.3 is 15.5 Å². The first-order valence-corrected chi connectivity index (χ1v) is 8.71. The highest BCUT2D eigenvalue weighted by molar-refractivity contribution is 5.62. The number of benzene rings is 2. The summed E-state index contributed by atoms with van der Waals surface area (Å²) in [5.74, 6) is 0. The molecular weight excluding hydrogens is 282 g/mol. The molecule has 3 rings (SSSR count). The van der Waals surface area contributed by atoms with Gasteiger partial charge in [0.15, 0.2) is 0 Å². The van der Waals surface area contributed by atoms with Crippen LogP contribution in [0.25, 0.3) is 0 Å². The Balaban J connectivity index is 0.000000268. The summed E-state index contributed by atoms with van der Waals surface area (Å²) in [6.07, 6.45) is 2.43. The molecule has 1 aliphatic rings. The zero-order valence-corrected chi connectivity index (χ0v) is 14.2. The van der Waals surface area contributed by atoms with Gasteiger partial charge >= 0.3 is 0 Å². The summed E-state index contributed by atoms with van der Waals surface area (Å²) in [5.41, 5.74) is 2.54. The Bertz CT molecular complexity index is 458. The summed E-state index contributed by atoms with van der Waals surface area (Å²) in [7, 11) is 0. The summed E-state index contributed by atoms with van der Waals surface area (Å²) in [4.78, 5) is 2.38. The molecule has 1 aliphatic heterocycles. The number of rotatable bonds is 5. The average Bonchev–Trinajstić information content (AvgIpc) is 2.66. The normalized spacial score (nSPS) is 13.8. The maximum Gasteiger partial charge on any atom is 0.0410 e. The lowest BCUT2D eigenvalue weighted by Gasteiger charge is -2.24. The van der Waals surface area contributed by atoms with Crippen molar-refractivity contribution in [1.82, 2.24) is 10.6 Å². The van der Waals surface area contributed by atoms with Crippen LogP contribution in [0.4, 0.5) is 11.4 Å². The number of unbranched alkanes of at least 4 members (excludes halogenated alkanes) is 1. The van der Waals surface area contributed by atoms with Crippen molar-refractivity contribution >= 4 is 11.4 Å². The summed E-state index contributed by atoms with van der Waals surface area (Å²) in [6, 6.07) is 21.2. The van der Waals surface area contributed by atoms with Gasteiger partial charge in [-0.1, -0.05) is 49.7 Å². The quantitative estimate of drug-likeness (QED) is 0.879. The molecular formula is C20H29N3. The van der Waals surface area contributed by atoms with Gasteiger partial charge in [0.25, 0.3) is 0 Å². The number of nitrogens with one attached hydrogen (secondary N) is 2. The molecule has 0 bridgehead atoms. The number of nitrogens with zero attached hydrogens (tertiary/aromatic N) is 1. The molecule has 0 aliphatic carbocycles. The van der Waals surface area contributed by atoms with Crippen molar-refractivity contribution in [1.29, 1.82) is 0 Å². The third-order valence-corrected chi connectivity index (χ3v) is 3.83. The molecule has 0 aromatic heterocycles. The van der Waals surface area contributed by atoms with E-state index in [1.165, 1.54) is 24.2 Å². The third kappa shape index (κ3) is 6.43. The van der Waals surface area contributed by atoms with Crippen LogP contribution in [0.5, 0.6) is 0 Å². The lowest BCUT2D eigenvalue weighted by atomic mass is 10.2. The van der Waals surface area contributed by atoms with Crippen LogP contribution in [0.1, 0.15) is 19.8 Å². The van der Waals surface area contributed by atoms with Gasteiger partial charge in [-0.3, -0.25) is 0 Å². The Labute approximate surface area is 140 Å². The van der Waals surface area contributed by atoms with Gasteiger partial charge in [-0.05, 0) is 30.7 Å².